The first-order chi connectivity index (χ1) is 13.5. The molecular formula is C20H18ClFN4OS. The van der Waals surface area contributed by atoms with Crippen molar-refractivity contribution in [1.82, 2.24) is 4.98 Å². The Balaban J connectivity index is 1.69. The summed E-state index contributed by atoms with van der Waals surface area (Å²) in [5.74, 6) is -0.757. The molecular weight excluding hydrogens is 399 g/mol. The molecule has 1 amide bonds. The molecule has 5 nitrogen and oxygen atoms in total. The summed E-state index contributed by atoms with van der Waals surface area (Å²) in [5, 5.41) is 5.63. The lowest BCUT2D eigenvalue weighted by Crippen LogP contribution is -2.35. The number of amidine groups is 1. The van der Waals surface area contributed by atoms with E-state index in [4.69, 9.17) is 17.3 Å². The molecule has 2 aliphatic rings. The number of benzene rings is 1. The van der Waals surface area contributed by atoms with Crippen LogP contribution in [0.4, 0.5) is 10.1 Å². The number of hydrogen-bond acceptors (Lipinski definition) is 5. The van der Waals surface area contributed by atoms with E-state index in [1.807, 2.05) is 5.41 Å². The number of anilines is 1. The standard InChI is InChI=1S/C20H18ClFN4OS/c21-13-4-7-17(24-10-13)18(27)25-14-5-6-16(22)15(9-14)20-8-2-1-3-12(20)11-28-19(23)26-20/h4-7,9-11H,1-3,8H2,(H2,23,26)(H,25,27)/t20-/m0/s1. The summed E-state index contributed by atoms with van der Waals surface area (Å²) in [7, 11) is 0. The first kappa shape index (κ1) is 19.0. The van der Waals surface area contributed by atoms with Crippen LogP contribution in [0.3, 0.4) is 0 Å². The van der Waals surface area contributed by atoms with E-state index < -0.39 is 11.4 Å². The molecule has 0 spiro atoms. The number of amides is 1. The van der Waals surface area contributed by atoms with Crippen molar-refractivity contribution in [3.63, 3.8) is 0 Å². The molecule has 0 bridgehead atoms. The van der Waals surface area contributed by atoms with Crippen LogP contribution in [-0.2, 0) is 5.54 Å². The van der Waals surface area contributed by atoms with Crippen LogP contribution in [0.1, 0.15) is 41.7 Å². The first-order valence-electron chi connectivity index (χ1n) is 8.92. The molecule has 0 saturated heterocycles. The maximum Gasteiger partial charge on any atom is 0.274 e. The van der Waals surface area contributed by atoms with E-state index in [1.54, 1.807) is 12.1 Å². The number of carbonyl (C=O) groups is 1. The van der Waals surface area contributed by atoms with E-state index in [9.17, 15) is 9.18 Å². The molecule has 0 unspecified atom stereocenters. The van der Waals surface area contributed by atoms with Gasteiger partial charge in [0, 0.05) is 17.4 Å². The van der Waals surface area contributed by atoms with Gasteiger partial charge in [0.25, 0.3) is 5.91 Å². The van der Waals surface area contributed by atoms with Crippen LogP contribution in [0.5, 0.6) is 0 Å². The number of nitrogens with two attached hydrogens (primary N) is 1. The minimum atomic E-state index is -0.795. The molecule has 144 valence electrons. The van der Waals surface area contributed by atoms with Gasteiger partial charge in [-0.05, 0) is 60.6 Å². The van der Waals surface area contributed by atoms with Crippen LogP contribution in [0, 0.1) is 5.82 Å². The Morgan fingerprint density at radius 1 is 1.29 bits per heavy atom. The summed E-state index contributed by atoms with van der Waals surface area (Å²) in [5.41, 5.74) is 7.39. The smallest absolute Gasteiger partial charge is 0.274 e. The monoisotopic (exact) mass is 416 g/mol. The quantitative estimate of drug-likeness (QED) is 0.750. The summed E-state index contributed by atoms with van der Waals surface area (Å²) < 4.78 is 14.9. The first-order valence-corrected chi connectivity index (χ1v) is 10.2. The molecule has 1 fully saturated rings. The lowest BCUT2D eigenvalue weighted by molar-refractivity contribution is 0.102. The minimum absolute atomic E-state index is 0.225. The molecule has 1 aromatic carbocycles. The topological polar surface area (TPSA) is 80.4 Å². The van der Waals surface area contributed by atoms with Crippen LogP contribution in [0.2, 0.25) is 5.02 Å². The molecule has 2 heterocycles. The molecule has 1 aliphatic heterocycles. The molecule has 1 aliphatic carbocycles. The van der Waals surface area contributed by atoms with E-state index in [-0.39, 0.29) is 11.5 Å². The van der Waals surface area contributed by atoms with Crippen molar-refractivity contribution in [2.45, 2.75) is 31.2 Å². The van der Waals surface area contributed by atoms with E-state index in [2.05, 4.69) is 15.3 Å². The van der Waals surface area contributed by atoms with Crippen LogP contribution in [-0.4, -0.2) is 16.1 Å². The third kappa shape index (κ3) is 3.52. The van der Waals surface area contributed by atoms with Crippen molar-refractivity contribution in [2.75, 3.05) is 5.32 Å². The predicted molar refractivity (Wildman–Crippen MR) is 111 cm³/mol. The highest BCUT2D eigenvalue weighted by Crippen LogP contribution is 2.49. The molecule has 4 rings (SSSR count). The van der Waals surface area contributed by atoms with Gasteiger partial charge in [0.15, 0.2) is 5.17 Å². The number of carbonyl (C=O) groups excluding carboxylic acids is 1. The zero-order chi connectivity index (χ0) is 19.7. The number of nitrogens with one attached hydrogen (secondary N) is 1. The highest BCUT2D eigenvalue weighted by molar-refractivity contribution is 8.16. The van der Waals surface area contributed by atoms with Crippen molar-refractivity contribution in [2.24, 2.45) is 10.7 Å². The lowest BCUT2D eigenvalue weighted by atomic mass is 9.73. The normalized spacial score (nSPS) is 21.4. The number of rotatable bonds is 3. The van der Waals surface area contributed by atoms with Gasteiger partial charge in [0.1, 0.15) is 17.1 Å². The fraction of sp³-hybridized carbons (Fsp3) is 0.250. The predicted octanol–water partition coefficient (Wildman–Crippen LogP) is 4.84. The highest BCUT2D eigenvalue weighted by atomic mass is 35.5. The second-order valence-electron chi connectivity index (χ2n) is 6.79. The van der Waals surface area contributed by atoms with Crippen molar-refractivity contribution in [3.05, 3.63) is 69.6 Å². The molecule has 28 heavy (non-hydrogen) atoms. The average Bonchev–Trinajstić information content (AvgIpc) is 2.69. The van der Waals surface area contributed by atoms with Crippen molar-refractivity contribution >= 4 is 40.1 Å². The number of pyridine rings is 1. The average molecular weight is 417 g/mol. The highest BCUT2D eigenvalue weighted by Gasteiger charge is 2.42. The lowest BCUT2D eigenvalue weighted by Gasteiger charge is -2.39. The molecule has 0 radical (unpaired) electrons. The second-order valence-corrected chi connectivity index (χ2v) is 8.11. The summed E-state index contributed by atoms with van der Waals surface area (Å²) in [4.78, 5) is 21.1. The molecule has 3 N–H and O–H groups in total. The van der Waals surface area contributed by atoms with E-state index in [0.29, 0.717) is 27.9 Å². The van der Waals surface area contributed by atoms with Crippen LogP contribution < -0.4 is 11.1 Å². The summed E-state index contributed by atoms with van der Waals surface area (Å²) in [6.45, 7) is 0. The van der Waals surface area contributed by atoms with Crippen molar-refractivity contribution in [3.8, 4) is 0 Å². The van der Waals surface area contributed by atoms with Gasteiger partial charge in [-0.3, -0.25) is 4.79 Å². The number of aliphatic imine (C=N–C) groups is 1. The summed E-state index contributed by atoms with van der Waals surface area (Å²) >= 11 is 7.18. The van der Waals surface area contributed by atoms with E-state index in [0.717, 1.165) is 24.8 Å². The van der Waals surface area contributed by atoms with Gasteiger partial charge >= 0.3 is 0 Å². The van der Waals surface area contributed by atoms with Crippen LogP contribution in [0.15, 0.2) is 52.5 Å². The molecule has 1 saturated carbocycles. The summed E-state index contributed by atoms with van der Waals surface area (Å²) in [6, 6.07) is 7.66. The van der Waals surface area contributed by atoms with Gasteiger partial charge in [0.2, 0.25) is 0 Å². The van der Waals surface area contributed by atoms with Crippen LogP contribution in [0.25, 0.3) is 0 Å². The molecule has 1 aromatic heterocycles. The third-order valence-electron chi connectivity index (χ3n) is 5.02. The van der Waals surface area contributed by atoms with Crippen molar-refractivity contribution in [1.29, 1.82) is 0 Å². The number of aromatic nitrogens is 1. The zero-order valence-electron chi connectivity index (χ0n) is 14.9. The maximum absolute atomic E-state index is 14.9. The number of nitrogens with zero attached hydrogens (tertiary/aromatic N) is 2. The van der Waals surface area contributed by atoms with E-state index >= 15 is 0 Å². The van der Waals surface area contributed by atoms with Gasteiger partial charge in [-0.25, -0.2) is 14.4 Å². The Kier molecular flexibility index (Phi) is 5.12. The van der Waals surface area contributed by atoms with Gasteiger partial charge in [0.05, 0.1) is 5.02 Å². The van der Waals surface area contributed by atoms with E-state index in [1.165, 1.54) is 36.2 Å². The SMILES string of the molecule is NC1=N[C@@]2(c3cc(NC(=O)c4ccc(Cl)cn4)ccc3F)CCCCC2=CS1. The van der Waals surface area contributed by atoms with Crippen molar-refractivity contribution < 1.29 is 9.18 Å². The molecule has 2 aromatic rings. The Bertz CT molecular complexity index is 992. The largest absolute Gasteiger partial charge is 0.378 e. The van der Waals surface area contributed by atoms with Gasteiger partial charge in [-0.15, -0.1) is 0 Å². The number of fused-ring (bicyclic) bond motifs is 1. The number of halogens is 2. The van der Waals surface area contributed by atoms with Gasteiger partial charge in [-0.1, -0.05) is 29.8 Å². The maximum atomic E-state index is 14.9. The number of hydrogen-bond donors (Lipinski definition) is 2. The van der Waals surface area contributed by atoms with Gasteiger partial charge in [-0.2, -0.15) is 0 Å². The van der Waals surface area contributed by atoms with Gasteiger partial charge < -0.3 is 11.1 Å². The Morgan fingerprint density at radius 3 is 2.93 bits per heavy atom. The number of thioether (sulfide) groups is 1. The zero-order valence-corrected chi connectivity index (χ0v) is 16.5. The summed E-state index contributed by atoms with van der Waals surface area (Å²) in [6.07, 6.45) is 4.93. The third-order valence-corrected chi connectivity index (χ3v) is 5.98. The fourth-order valence-corrected chi connectivity index (χ4v) is 4.58. The Morgan fingerprint density at radius 2 is 2.14 bits per heavy atom. The second kappa shape index (κ2) is 7.56. The molecule has 8 heteroatoms. The fourth-order valence-electron chi connectivity index (χ4n) is 3.69. The van der Waals surface area contributed by atoms with Crippen LogP contribution >= 0.6 is 23.4 Å². The Labute approximate surface area is 171 Å². The Hall–Kier alpha value is -2.38. The minimum Gasteiger partial charge on any atom is -0.378 e. The molecule has 1 atom stereocenters.